The Hall–Kier alpha value is -1.64. The lowest BCUT2D eigenvalue weighted by atomic mass is 10.1. The van der Waals surface area contributed by atoms with Gasteiger partial charge in [-0.3, -0.25) is 0 Å². The van der Waals surface area contributed by atoms with Crippen molar-refractivity contribution in [2.75, 3.05) is 0 Å². The Labute approximate surface area is 76.1 Å². The molecule has 1 aromatic carbocycles. The lowest BCUT2D eigenvalue weighted by Crippen LogP contribution is -2.06. The highest BCUT2D eigenvalue weighted by atomic mass is 16.6. The van der Waals surface area contributed by atoms with E-state index in [4.69, 9.17) is 4.74 Å². The first-order chi connectivity index (χ1) is 6.27. The smallest absolute Gasteiger partial charge is 0.434 e. The van der Waals surface area contributed by atoms with Gasteiger partial charge in [0.05, 0.1) is 5.71 Å². The van der Waals surface area contributed by atoms with E-state index in [0.717, 1.165) is 11.3 Å². The molecule has 1 atom stereocenters. The largest absolute Gasteiger partial charge is 0.434 e. The zero-order chi connectivity index (χ0) is 9.26. The maximum absolute atomic E-state index is 10.8. The molecule has 1 amide bonds. The van der Waals surface area contributed by atoms with Gasteiger partial charge in [0.2, 0.25) is 0 Å². The number of cyclic esters (lactones) is 1. The molecule has 0 bridgehead atoms. The Morgan fingerprint density at radius 2 is 2.00 bits per heavy atom. The molecular formula is C10H9NO2. The third-order valence-corrected chi connectivity index (χ3v) is 1.97. The molecule has 1 aliphatic heterocycles. The maximum Gasteiger partial charge on any atom is 0.434 e. The lowest BCUT2D eigenvalue weighted by molar-refractivity contribution is 0.149. The van der Waals surface area contributed by atoms with E-state index in [2.05, 4.69) is 4.99 Å². The van der Waals surface area contributed by atoms with Crippen molar-refractivity contribution >= 4 is 11.8 Å². The summed E-state index contributed by atoms with van der Waals surface area (Å²) >= 11 is 0. The Balaban J connectivity index is 2.30. The number of amides is 1. The molecule has 1 unspecified atom stereocenters. The molecule has 0 N–H and O–H groups in total. The quantitative estimate of drug-likeness (QED) is 0.657. The maximum atomic E-state index is 10.8. The van der Waals surface area contributed by atoms with Crippen LogP contribution in [0.4, 0.5) is 4.79 Å². The number of carbonyl (C=O) groups is 1. The summed E-state index contributed by atoms with van der Waals surface area (Å²) in [4.78, 5) is 14.5. The van der Waals surface area contributed by atoms with Crippen LogP contribution >= 0.6 is 0 Å². The summed E-state index contributed by atoms with van der Waals surface area (Å²) in [5.41, 5.74) is 1.69. The second kappa shape index (κ2) is 3.01. The normalized spacial score (nSPS) is 21.2. The van der Waals surface area contributed by atoms with Crippen LogP contribution in [0.5, 0.6) is 0 Å². The first-order valence-electron chi connectivity index (χ1n) is 4.08. The van der Waals surface area contributed by atoms with Crippen molar-refractivity contribution in [3.63, 3.8) is 0 Å². The Kier molecular flexibility index (Phi) is 1.85. The third kappa shape index (κ3) is 1.45. The summed E-state index contributed by atoms with van der Waals surface area (Å²) in [5, 5.41) is 0. The minimum atomic E-state index is -0.494. The van der Waals surface area contributed by atoms with Crippen molar-refractivity contribution in [2.45, 2.75) is 13.0 Å². The number of aliphatic imine (C=N–C) groups is 1. The van der Waals surface area contributed by atoms with Crippen LogP contribution in [0.3, 0.4) is 0 Å². The summed E-state index contributed by atoms with van der Waals surface area (Å²) in [6.07, 6.45) is -0.778. The Bertz CT molecular complexity index is 356. The van der Waals surface area contributed by atoms with Gasteiger partial charge < -0.3 is 4.74 Å². The van der Waals surface area contributed by atoms with Crippen LogP contribution < -0.4 is 0 Å². The van der Waals surface area contributed by atoms with Gasteiger partial charge in [-0.25, -0.2) is 4.79 Å². The molecule has 1 aliphatic rings. The fourth-order valence-electron chi connectivity index (χ4n) is 1.35. The van der Waals surface area contributed by atoms with Gasteiger partial charge in [-0.2, -0.15) is 4.99 Å². The molecule has 13 heavy (non-hydrogen) atoms. The van der Waals surface area contributed by atoms with E-state index in [-0.39, 0.29) is 6.10 Å². The molecule has 2 rings (SSSR count). The minimum Gasteiger partial charge on any atom is -0.434 e. The molecule has 66 valence electrons. The first-order valence-corrected chi connectivity index (χ1v) is 4.08. The number of rotatable bonds is 1. The van der Waals surface area contributed by atoms with Crippen molar-refractivity contribution in [2.24, 2.45) is 4.99 Å². The Morgan fingerprint density at radius 1 is 1.31 bits per heavy atom. The molecule has 0 aromatic heterocycles. The van der Waals surface area contributed by atoms with Crippen LogP contribution in [0.15, 0.2) is 35.3 Å². The number of carbonyl (C=O) groups excluding carboxylic acids is 1. The van der Waals surface area contributed by atoms with E-state index < -0.39 is 6.09 Å². The molecule has 1 aromatic rings. The fourth-order valence-corrected chi connectivity index (χ4v) is 1.35. The number of benzene rings is 1. The van der Waals surface area contributed by atoms with Crippen molar-refractivity contribution < 1.29 is 9.53 Å². The van der Waals surface area contributed by atoms with Crippen LogP contribution in [0.2, 0.25) is 0 Å². The van der Waals surface area contributed by atoms with E-state index in [9.17, 15) is 4.79 Å². The van der Waals surface area contributed by atoms with Crippen molar-refractivity contribution in [3.8, 4) is 0 Å². The van der Waals surface area contributed by atoms with Crippen molar-refractivity contribution in [1.29, 1.82) is 0 Å². The van der Waals surface area contributed by atoms with Gasteiger partial charge in [-0.15, -0.1) is 0 Å². The van der Waals surface area contributed by atoms with Crippen LogP contribution in [-0.4, -0.2) is 11.8 Å². The third-order valence-electron chi connectivity index (χ3n) is 1.97. The number of ether oxygens (including phenoxy) is 1. The van der Waals surface area contributed by atoms with Crippen LogP contribution in [0.25, 0.3) is 0 Å². The second-order valence-electron chi connectivity index (χ2n) is 2.93. The minimum absolute atomic E-state index is 0.284. The first kappa shape index (κ1) is 7.98. The highest BCUT2D eigenvalue weighted by molar-refractivity contribution is 6.00. The summed E-state index contributed by atoms with van der Waals surface area (Å²) in [6, 6.07) is 9.58. The van der Waals surface area contributed by atoms with Crippen LogP contribution in [-0.2, 0) is 4.74 Å². The molecule has 0 radical (unpaired) electrons. The number of hydrogen-bond acceptors (Lipinski definition) is 2. The molecule has 0 saturated heterocycles. The van der Waals surface area contributed by atoms with E-state index in [1.54, 1.807) is 6.92 Å². The average molecular weight is 175 g/mol. The molecule has 0 aliphatic carbocycles. The van der Waals surface area contributed by atoms with E-state index in [0.29, 0.717) is 0 Å². The zero-order valence-electron chi connectivity index (χ0n) is 7.23. The molecule has 0 fully saturated rings. The molecule has 3 nitrogen and oxygen atoms in total. The van der Waals surface area contributed by atoms with Gasteiger partial charge in [0.1, 0.15) is 0 Å². The highest BCUT2D eigenvalue weighted by Crippen LogP contribution is 2.24. The van der Waals surface area contributed by atoms with Gasteiger partial charge in [-0.05, 0) is 12.5 Å². The van der Waals surface area contributed by atoms with E-state index >= 15 is 0 Å². The SMILES string of the molecule is CC1=NC(=O)OC1c1ccccc1. The molecule has 1 heterocycles. The number of hydrogen-bond donors (Lipinski definition) is 0. The fraction of sp³-hybridized carbons (Fsp3) is 0.200. The monoisotopic (exact) mass is 175 g/mol. The van der Waals surface area contributed by atoms with Gasteiger partial charge in [0.15, 0.2) is 6.10 Å². The molecule has 0 spiro atoms. The van der Waals surface area contributed by atoms with E-state index in [1.807, 2.05) is 30.3 Å². The molecule has 0 saturated carbocycles. The topological polar surface area (TPSA) is 38.7 Å². The lowest BCUT2D eigenvalue weighted by Gasteiger charge is -2.08. The number of nitrogens with zero attached hydrogens (tertiary/aromatic N) is 1. The molecule has 3 heteroatoms. The standard InChI is InChI=1S/C10H9NO2/c1-7-9(13-10(12)11-7)8-5-3-2-4-6-8/h2-6,9H,1H3. The predicted molar refractivity (Wildman–Crippen MR) is 48.8 cm³/mol. The highest BCUT2D eigenvalue weighted by Gasteiger charge is 2.25. The van der Waals surface area contributed by atoms with E-state index in [1.165, 1.54) is 0 Å². The summed E-state index contributed by atoms with van der Waals surface area (Å²) in [5.74, 6) is 0. The van der Waals surface area contributed by atoms with Gasteiger partial charge in [0, 0.05) is 0 Å². The Morgan fingerprint density at radius 3 is 2.54 bits per heavy atom. The predicted octanol–water partition coefficient (Wildman–Crippen LogP) is 2.34. The van der Waals surface area contributed by atoms with Crippen LogP contribution in [0, 0.1) is 0 Å². The van der Waals surface area contributed by atoms with Crippen molar-refractivity contribution in [3.05, 3.63) is 35.9 Å². The van der Waals surface area contributed by atoms with Gasteiger partial charge >= 0.3 is 6.09 Å². The van der Waals surface area contributed by atoms with Gasteiger partial charge in [-0.1, -0.05) is 30.3 Å². The second-order valence-corrected chi connectivity index (χ2v) is 2.93. The summed E-state index contributed by atoms with van der Waals surface area (Å²) < 4.78 is 5.02. The average Bonchev–Trinajstić information content (AvgIpc) is 2.47. The summed E-state index contributed by atoms with van der Waals surface area (Å²) in [6.45, 7) is 1.79. The molecular weight excluding hydrogens is 166 g/mol. The van der Waals surface area contributed by atoms with Crippen LogP contribution in [0.1, 0.15) is 18.6 Å². The van der Waals surface area contributed by atoms with Gasteiger partial charge in [0.25, 0.3) is 0 Å². The zero-order valence-corrected chi connectivity index (χ0v) is 7.23. The summed E-state index contributed by atoms with van der Waals surface area (Å²) in [7, 11) is 0. The van der Waals surface area contributed by atoms with Crippen molar-refractivity contribution in [1.82, 2.24) is 0 Å².